The molecule has 7 nitrogen and oxygen atoms in total. The molecule has 0 N–H and O–H groups in total. The number of carbonyl (C=O) groups is 2. The Bertz CT molecular complexity index is 784. The van der Waals surface area contributed by atoms with Gasteiger partial charge in [-0.2, -0.15) is 5.06 Å². The van der Waals surface area contributed by atoms with E-state index in [0.717, 1.165) is 16.5 Å². The van der Waals surface area contributed by atoms with Gasteiger partial charge in [0.25, 0.3) is 0 Å². The predicted octanol–water partition coefficient (Wildman–Crippen LogP) is 1.43. The maximum Gasteiger partial charge on any atom is 0.338 e. The number of hydrogen-bond donors (Lipinski definition) is 0. The lowest BCUT2D eigenvalue weighted by molar-refractivity contribution is -0.182. The second kappa shape index (κ2) is 6.26. The number of methoxy groups -OCH3 is 2. The second-order valence-electron chi connectivity index (χ2n) is 5.80. The van der Waals surface area contributed by atoms with Gasteiger partial charge >= 0.3 is 11.9 Å². The molecule has 0 bridgehead atoms. The number of benzene rings is 1. The quantitative estimate of drug-likeness (QED) is 0.792. The normalized spacial score (nSPS) is 24.2. The molecule has 1 aromatic carbocycles. The number of hydrogen-bond acceptors (Lipinski definition) is 6. The van der Waals surface area contributed by atoms with Crippen molar-refractivity contribution in [2.45, 2.75) is 12.1 Å². The summed E-state index contributed by atoms with van der Waals surface area (Å²) in [5.41, 5.74) is 1.93. The summed E-state index contributed by atoms with van der Waals surface area (Å²) in [7, 11) is 6.21. The van der Waals surface area contributed by atoms with Crippen LogP contribution in [-0.2, 0) is 30.9 Å². The molecule has 128 valence electrons. The topological polar surface area (TPSA) is 70.0 Å². The zero-order chi connectivity index (χ0) is 17.4. The first kappa shape index (κ1) is 16.5. The fraction of sp³-hybridized carbons (Fsp3) is 0.412. The van der Waals surface area contributed by atoms with E-state index in [-0.39, 0.29) is 0 Å². The SMILES string of the molecule is COC(=O)[C@H]1[C@@H](C(=O)OC)ON(C)[C@H]1c1cn(C)c2ccccc12. The van der Waals surface area contributed by atoms with Crippen molar-refractivity contribution in [2.75, 3.05) is 21.3 Å². The molecule has 3 atom stereocenters. The molecular weight excluding hydrogens is 312 g/mol. The lowest BCUT2D eigenvalue weighted by Gasteiger charge is -2.21. The van der Waals surface area contributed by atoms with Crippen molar-refractivity contribution in [2.24, 2.45) is 13.0 Å². The van der Waals surface area contributed by atoms with Gasteiger partial charge in [0.05, 0.1) is 20.3 Å². The van der Waals surface area contributed by atoms with Crippen LogP contribution >= 0.6 is 0 Å². The van der Waals surface area contributed by atoms with Crippen molar-refractivity contribution < 1.29 is 23.9 Å². The number of aryl methyl sites for hydroxylation is 1. The van der Waals surface area contributed by atoms with Gasteiger partial charge in [-0.15, -0.1) is 0 Å². The van der Waals surface area contributed by atoms with Gasteiger partial charge in [-0.25, -0.2) is 4.79 Å². The van der Waals surface area contributed by atoms with Crippen molar-refractivity contribution in [1.82, 2.24) is 9.63 Å². The highest BCUT2D eigenvalue weighted by Gasteiger charge is 2.52. The largest absolute Gasteiger partial charge is 0.469 e. The summed E-state index contributed by atoms with van der Waals surface area (Å²) < 4.78 is 11.7. The average molecular weight is 332 g/mol. The highest BCUT2D eigenvalue weighted by Crippen LogP contribution is 2.42. The first-order valence-corrected chi connectivity index (χ1v) is 7.58. The third-order valence-corrected chi connectivity index (χ3v) is 4.49. The van der Waals surface area contributed by atoms with Crippen LogP contribution in [0.25, 0.3) is 10.9 Å². The molecule has 0 spiro atoms. The molecule has 2 heterocycles. The Kier molecular flexibility index (Phi) is 4.29. The lowest BCUT2D eigenvalue weighted by atomic mass is 9.89. The molecule has 7 heteroatoms. The van der Waals surface area contributed by atoms with Gasteiger partial charge in [-0.05, 0) is 11.6 Å². The fourth-order valence-corrected chi connectivity index (χ4v) is 3.39. The van der Waals surface area contributed by atoms with E-state index in [1.165, 1.54) is 19.3 Å². The van der Waals surface area contributed by atoms with E-state index in [4.69, 9.17) is 14.3 Å². The molecule has 0 saturated carbocycles. The van der Waals surface area contributed by atoms with Crippen molar-refractivity contribution in [1.29, 1.82) is 0 Å². The first-order chi connectivity index (χ1) is 11.5. The molecule has 1 aliphatic rings. The van der Waals surface area contributed by atoms with E-state index in [1.54, 1.807) is 7.05 Å². The number of ether oxygens (including phenoxy) is 2. The maximum atomic E-state index is 12.4. The highest BCUT2D eigenvalue weighted by molar-refractivity contribution is 5.88. The van der Waals surface area contributed by atoms with E-state index in [9.17, 15) is 9.59 Å². The van der Waals surface area contributed by atoms with Gasteiger partial charge in [-0.1, -0.05) is 18.2 Å². The minimum Gasteiger partial charge on any atom is -0.469 e. The van der Waals surface area contributed by atoms with Crippen LogP contribution in [0.4, 0.5) is 0 Å². The fourth-order valence-electron chi connectivity index (χ4n) is 3.39. The van der Waals surface area contributed by atoms with Crippen LogP contribution in [0.3, 0.4) is 0 Å². The van der Waals surface area contributed by atoms with Crippen molar-refractivity contribution >= 4 is 22.8 Å². The number of rotatable bonds is 3. The number of nitrogens with zero attached hydrogens (tertiary/aromatic N) is 2. The molecular formula is C17H20N2O5. The Hall–Kier alpha value is -2.38. The molecule has 2 aromatic rings. The Morgan fingerprint density at radius 2 is 1.75 bits per heavy atom. The van der Waals surface area contributed by atoms with Crippen molar-refractivity contribution in [3.8, 4) is 0 Å². The number of para-hydroxylation sites is 1. The summed E-state index contributed by atoms with van der Waals surface area (Å²) in [5, 5.41) is 2.53. The molecule has 0 aliphatic carbocycles. The summed E-state index contributed by atoms with van der Waals surface area (Å²) in [6.07, 6.45) is 0.918. The molecule has 0 amide bonds. The first-order valence-electron chi connectivity index (χ1n) is 7.58. The minimum absolute atomic E-state index is 0.451. The summed E-state index contributed by atoms with van der Waals surface area (Å²) in [5.74, 6) is -1.91. The van der Waals surface area contributed by atoms with Gasteiger partial charge in [0.15, 0.2) is 6.10 Å². The van der Waals surface area contributed by atoms with E-state index in [0.29, 0.717) is 0 Å². The number of fused-ring (bicyclic) bond motifs is 1. The number of esters is 2. The van der Waals surface area contributed by atoms with Crippen LogP contribution in [0.5, 0.6) is 0 Å². The molecule has 24 heavy (non-hydrogen) atoms. The molecule has 1 aromatic heterocycles. The van der Waals surface area contributed by atoms with E-state index < -0.39 is 30.0 Å². The third-order valence-electron chi connectivity index (χ3n) is 4.49. The van der Waals surface area contributed by atoms with Crippen LogP contribution in [0, 0.1) is 5.92 Å². The van der Waals surface area contributed by atoms with Crippen LogP contribution in [0.1, 0.15) is 11.6 Å². The summed E-state index contributed by atoms with van der Waals surface area (Å²) in [6, 6.07) is 7.42. The average Bonchev–Trinajstić information content (AvgIpc) is 3.11. The molecule has 3 rings (SSSR count). The van der Waals surface area contributed by atoms with Crippen molar-refractivity contribution in [3.05, 3.63) is 36.0 Å². The van der Waals surface area contributed by atoms with Crippen LogP contribution in [0.2, 0.25) is 0 Å². The Morgan fingerprint density at radius 3 is 2.42 bits per heavy atom. The monoisotopic (exact) mass is 332 g/mol. The second-order valence-corrected chi connectivity index (χ2v) is 5.80. The van der Waals surface area contributed by atoms with E-state index in [2.05, 4.69) is 0 Å². The van der Waals surface area contributed by atoms with Gasteiger partial charge < -0.3 is 14.0 Å². The predicted molar refractivity (Wildman–Crippen MR) is 85.8 cm³/mol. The zero-order valence-electron chi connectivity index (χ0n) is 14.1. The van der Waals surface area contributed by atoms with Gasteiger partial charge in [0.2, 0.25) is 0 Å². The zero-order valence-corrected chi connectivity index (χ0v) is 14.1. The molecule has 1 aliphatic heterocycles. The van der Waals surface area contributed by atoms with Crippen LogP contribution in [0.15, 0.2) is 30.5 Å². The summed E-state index contributed by atoms with van der Waals surface area (Å²) >= 11 is 0. The van der Waals surface area contributed by atoms with Crippen molar-refractivity contribution in [3.63, 3.8) is 0 Å². The number of hydroxylamine groups is 2. The Labute approximate surface area is 139 Å². The standard InChI is InChI=1S/C17H20N2O5/c1-18-9-11(10-7-5-6-8-12(10)18)14-13(16(20)22-3)15(17(21)23-4)24-19(14)2/h5-9,13-15H,1-4H3/t13-,14+,15+/m1/s1. The molecule has 0 unspecified atom stereocenters. The highest BCUT2D eigenvalue weighted by atomic mass is 16.7. The Morgan fingerprint density at radius 1 is 1.08 bits per heavy atom. The van der Waals surface area contributed by atoms with Gasteiger partial charge in [-0.3, -0.25) is 9.63 Å². The van der Waals surface area contributed by atoms with Crippen LogP contribution in [-0.4, -0.2) is 48.9 Å². The van der Waals surface area contributed by atoms with Gasteiger partial charge in [0.1, 0.15) is 5.92 Å². The molecule has 0 radical (unpaired) electrons. The van der Waals surface area contributed by atoms with Gasteiger partial charge in [0, 0.05) is 31.2 Å². The summed E-state index contributed by atoms with van der Waals surface area (Å²) in [4.78, 5) is 30.0. The minimum atomic E-state index is -1.03. The van der Waals surface area contributed by atoms with Crippen LogP contribution < -0.4 is 0 Å². The van der Waals surface area contributed by atoms with E-state index >= 15 is 0 Å². The molecule has 1 fully saturated rings. The number of aromatic nitrogens is 1. The van der Waals surface area contributed by atoms with E-state index in [1.807, 2.05) is 42.1 Å². The summed E-state index contributed by atoms with van der Waals surface area (Å²) in [6.45, 7) is 0. The Balaban J connectivity index is 2.12. The number of carbonyl (C=O) groups excluding carboxylic acids is 2. The maximum absolute atomic E-state index is 12.4. The molecule has 1 saturated heterocycles. The lowest BCUT2D eigenvalue weighted by Crippen LogP contribution is -2.35. The smallest absolute Gasteiger partial charge is 0.338 e. The third kappa shape index (κ3) is 2.46.